The van der Waals surface area contributed by atoms with Gasteiger partial charge in [0.15, 0.2) is 0 Å². The van der Waals surface area contributed by atoms with Gasteiger partial charge in [0.25, 0.3) is 0 Å². The fourth-order valence-corrected chi connectivity index (χ4v) is 1.58. The predicted molar refractivity (Wildman–Crippen MR) is 68.8 cm³/mol. The van der Waals surface area contributed by atoms with Crippen LogP contribution in [-0.2, 0) is 5.41 Å². The second-order valence-corrected chi connectivity index (χ2v) is 5.05. The number of aryl methyl sites for hydroxylation is 1. The van der Waals surface area contributed by atoms with Crippen LogP contribution in [0.1, 0.15) is 38.3 Å². The average Bonchev–Trinajstić information content (AvgIpc) is 2.19. The highest BCUT2D eigenvalue weighted by Gasteiger charge is 2.18. The second-order valence-electron chi connectivity index (χ2n) is 5.05. The minimum Gasteiger partial charge on any atom is -0.492 e. The zero-order valence-corrected chi connectivity index (χ0v) is 10.6. The van der Waals surface area contributed by atoms with E-state index in [1.165, 1.54) is 11.1 Å². The normalized spacial score (nSPS) is 10.9. The smallest absolute Gasteiger partial charge is 0.123 e. The predicted octanol–water partition coefficient (Wildman–Crippen LogP) is 3.69. The van der Waals surface area contributed by atoms with Crippen molar-refractivity contribution >= 4 is 0 Å². The molecule has 1 aromatic carbocycles. The van der Waals surface area contributed by atoms with Crippen molar-refractivity contribution in [3.05, 3.63) is 29.3 Å². The van der Waals surface area contributed by atoms with Crippen LogP contribution in [0.3, 0.4) is 0 Å². The van der Waals surface area contributed by atoms with Crippen molar-refractivity contribution in [2.45, 2.75) is 39.5 Å². The molecule has 0 N–H and O–H groups in total. The van der Waals surface area contributed by atoms with Gasteiger partial charge in [-0.15, -0.1) is 12.3 Å². The van der Waals surface area contributed by atoms with Crippen LogP contribution in [0.2, 0.25) is 0 Å². The van der Waals surface area contributed by atoms with Crippen LogP contribution >= 0.6 is 0 Å². The summed E-state index contributed by atoms with van der Waals surface area (Å²) in [6.07, 6.45) is 5.86. The highest BCUT2D eigenvalue weighted by molar-refractivity contribution is 5.41. The monoisotopic (exact) mass is 216 g/mol. The molecule has 1 aromatic rings. The summed E-state index contributed by atoms with van der Waals surface area (Å²) in [5.74, 6) is 3.53. The molecule has 0 aliphatic carbocycles. The molecule has 1 heteroatoms. The maximum absolute atomic E-state index is 5.72. The SMILES string of the molecule is C#CCCOc1ccc(C)cc1C(C)(C)C. The Morgan fingerprint density at radius 2 is 2.00 bits per heavy atom. The van der Waals surface area contributed by atoms with Crippen molar-refractivity contribution < 1.29 is 4.74 Å². The first-order valence-electron chi connectivity index (χ1n) is 5.62. The van der Waals surface area contributed by atoms with E-state index >= 15 is 0 Å². The van der Waals surface area contributed by atoms with Crippen molar-refractivity contribution in [2.24, 2.45) is 0 Å². The fourth-order valence-electron chi connectivity index (χ4n) is 1.58. The molecule has 86 valence electrons. The molecule has 0 bridgehead atoms. The minimum atomic E-state index is 0.0947. The molecule has 0 saturated heterocycles. The highest BCUT2D eigenvalue weighted by atomic mass is 16.5. The van der Waals surface area contributed by atoms with Gasteiger partial charge in [0.1, 0.15) is 5.75 Å². The van der Waals surface area contributed by atoms with Crippen molar-refractivity contribution in [3.8, 4) is 18.1 Å². The van der Waals surface area contributed by atoms with Crippen LogP contribution in [0.5, 0.6) is 5.75 Å². The quantitative estimate of drug-likeness (QED) is 0.553. The largest absolute Gasteiger partial charge is 0.492 e. The summed E-state index contributed by atoms with van der Waals surface area (Å²) in [6, 6.07) is 6.29. The van der Waals surface area contributed by atoms with Gasteiger partial charge >= 0.3 is 0 Å². The Kier molecular flexibility index (Phi) is 4.01. The molecule has 0 spiro atoms. The lowest BCUT2D eigenvalue weighted by Crippen LogP contribution is -2.14. The summed E-state index contributed by atoms with van der Waals surface area (Å²) < 4.78 is 5.72. The highest BCUT2D eigenvalue weighted by Crippen LogP contribution is 2.32. The zero-order valence-electron chi connectivity index (χ0n) is 10.6. The maximum Gasteiger partial charge on any atom is 0.123 e. The summed E-state index contributed by atoms with van der Waals surface area (Å²) >= 11 is 0. The lowest BCUT2D eigenvalue weighted by Gasteiger charge is -2.23. The summed E-state index contributed by atoms with van der Waals surface area (Å²) in [5.41, 5.74) is 2.59. The second kappa shape index (κ2) is 5.07. The molecule has 1 rings (SSSR count). The summed E-state index contributed by atoms with van der Waals surface area (Å²) in [4.78, 5) is 0. The van der Waals surface area contributed by atoms with E-state index in [9.17, 15) is 0 Å². The number of ether oxygens (including phenoxy) is 1. The Hall–Kier alpha value is -1.42. The first-order valence-corrected chi connectivity index (χ1v) is 5.62. The fraction of sp³-hybridized carbons (Fsp3) is 0.467. The van der Waals surface area contributed by atoms with E-state index in [-0.39, 0.29) is 5.41 Å². The number of hydrogen-bond acceptors (Lipinski definition) is 1. The average molecular weight is 216 g/mol. The van der Waals surface area contributed by atoms with Gasteiger partial charge in [-0.2, -0.15) is 0 Å². The molecule has 0 heterocycles. The van der Waals surface area contributed by atoms with E-state index in [1.807, 2.05) is 6.07 Å². The Balaban J connectivity index is 2.95. The first-order chi connectivity index (χ1) is 7.45. The standard InChI is InChI=1S/C15H20O/c1-6-7-10-16-14-9-8-12(2)11-13(14)15(3,4)5/h1,8-9,11H,7,10H2,2-5H3. The van der Waals surface area contributed by atoms with Gasteiger partial charge in [-0.3, -0.25) is 0 Å². The van der Waals surface area contributed by atoms with E-state index in [0.717, 1.165) is 5.75 Å². The maximum atomic E-state index is 5.72. The third kappa shape index (κ3) is 3.31. The minimum absolute atomic E-state index is 0.0947. The van der Waals surface area contributed by atoms with E-state index in [2.05, 4.69) is 45.7 Å². The van der Waals surface area contributed by atoms with Gasteiger partial charge in [-0.1, -0.05) is 38.5 Å². The molecule has 1 nitrogen and oxygen atoms in total. The lowest BCUT2D eigenvalue weighted by atomic mass is 9.85. The molecular weight excluding hydrogens is 196 g/mol. The summed E-state index contributed by atoms with van der Waals surface area (Å²) in [6.45, 7) is 9.25. The van der Waals surface area contributed by atoms with E-state index in [1.54, 1.807) is 0 Å². The third-order valence-electron chi connectivity index (χ3n) is 2.45. The van der Waals surface area contributed by atoms with Gasteiger partial charge < -0.3 is 4.74 Å². The molecule has 0 fully saturated rings. The molecule has 16 heavy (non-hydrogen) atoms. The van der Waals surface area contributed by atoms with E-state index in [0.29, 0.717) is 13.0 Å². The Morgan fingerprint density at radius 1 is 1.31 bits per heavy atom. The van der Waals surface area contributed by atoms with Gasteiger partial charge in [0.2, 0.25) is 0 Å². The summed E-state index contributed by atoms with van der Waals surface area (Å²) in [7, 11) is 0. The van der Waals surface area contributed by atoms with Crippen molar-refractivity contribution in [1.82, 2.24) is 0 Å². The van der Waals surface area contributed by atoms with Crippen molar-refractivity contribution in [2.75, 3.05) is 6.61 Å². The van der Waals surface area contributed by atoms with Crippen LogP contribution in [0.4, 0.5) is 0 Å². The molecule has 0 atom stereocenters. The summed E-state index contributed by atoms with van der Waals surface area (Å²) in [5, 5.41) is 0. The molecule has 0 aromatic heterocycles. The van der Waals surface area contributed by atoms with Crippen LogP contribution in [0.15, 0.2) is 18.2 Å². The van der Waals surface area contributed by atoms with Crippen molar-refractivity contribution in [3.63, 3.8) is 0 Å². The van der Waals surface area contributed by atoms with Gasteiger partial charge in [0.05, 0.1) is 6.61 Å². The topological polar surface area (TPSA) is 9.23 Å². The molecule has 0 radical (unpaired) electrons. The number of benzene rings is 1. The van der Waals surface area contributed by atoms with E-state index < -0.39 is 0 Å². The van der Waals surface area contributed by atoms with Crippen LogP contribution in [0.25, 0.3) is 0 Å². The van der Waals surface area contributed by atoms with Crippen LogP contribution in [-0.4, -0.2) is 6.61 Å². The Labute approximate surface area is 98.8 Å². The molecule has 0 amide bonds. The van der Waals surface area contributed by atoms with Crippen molar-refractivity contribution in [1.29, 1.82) is 0 Å². The van der Waals surface area contributed by atoms with Gasteiger partial charge in [-0.25, -0.2) is 0 Å². The molecule has 0 unspecified atom stereocenters. The Bertz CT molecular complexity index is 391. The molecule has 0 saturated carbocycles. The number of terminal acetylenes is 1. The zero-order chi connectivity index (χ0) is 12.2. The lowest BCUT2D eigenvalue weighted by molar-refractivity contribution is 0.317. The number of hydrogen-bond donors (Lipinski definition) is 0. The molecule has 0 aliphatic rings. The van der Waals surface area contributed by atoms with Crippen LogP contribution < -0.4 is 4.74 Å². The molecular formula is C15H20O. The third-order valence-corrected chi connectivity index (χ3v) is 2.45. The van der Waals surface area contributed by atoms with Crippen LogP contribution in [0, 0.1) is 19.3 Å². The first kappa shape index (κ1) is 12.6. The number of rotatable bonds is 3. The molecule has 0 aliphatic heterocycles. The Morgan fingerprint density at radius 3 is 2.56 bits per heavy atom. The van der Waals surface area contributed by atoms with Gasteiger partial charge in [-0.05, 0) is 24.0 Å². The van der Waals surface area contributed by atoms with Gasteiger partial charge in [0, 0.05) is 6.42 Å². The van der Waals surface area contributed by atoms with E-state index in [4.69, 9.17) is 11.2 Å².